The van der Waals surface area contributed by atoms with Crippen molar-refractivity contribution in [3.63, 3.8) is 0 Å². The van der Waals surface area contributed by atoms with Gasteiger partial charge in [-0.25, -0.2) is 8.42 Å². The fourth-order valence-electron chi connectivity index (χ4n) is 2.29. The average molecular weight is 424 g/mol. The van der Waals surface area contributed by atoms with Crippen molar-refractivity contribution in [3.8, 4) is 0 Å². The van der Waals surface area contributed by atoms with Crippen LogP contribution in [0.4, 0.5) is 0 Å². The van der Waals surface area contributed by atoms with E-state index >= 15 is 0 Å². The van der Waals surface area contributed by atoms with Crippen LogP contribution < -0.4 is 10.7 Å². The van der Waals surface area contributed by atoms with E-state index in [1.807, 2.05) is 0 Å². The van der Waals surface area contributed by atoms with Gasteiger partial charge in [0.25, 0.3) is 0 Å². The van der Waals surface area contributed by atoms with E-state index < -0.39 is 19.8 Å². The number of halogens is 2. The monoisotopic (exact) mass is 422 g/mol. The number of hydrogen-bond acceptors (Lipinski definition) is 5. The number of sulfone groups is 1. The van der Waals surface area contributed by atoms with Crippen molar-refractivity contribution in [2.45, 2.75) is 9.48 Å². The van der Waals surface area contributed by atoms with E-state index in [1.54, 1.807) is 6.07 Å². The second kappa shape index (κ2) is 6.16. The third-order valence-corrected chi connectivity index (χ3v) is 8.55. The van der Waals surface area contributed by atoms with Crippen LogP contribution >= 0.6 is 39.3 Å². The standard InChI is InChI=1S/C13H12BrClN2O3S2/c14-8-4-10-7(3-9(8)15)13(18)11(5-17-10)22(19,20)12-6-16-1-2-21-12/h3-5,12,16H,1-2,6H2,(H,17,18). The summed E-state index contributed by atoms with van der Waals surface area (Å²) in [5.74, 6) is 0.703. The van der Waals surface area contributed by atoms with Crippen molar-refractivity contribution in [2.75, 3.05) is 18.8 Å². The average Bonchev–Trinajstić information content (AvgIpc) is 2.50. The SMILES string of the molecule is O=c1c(S(=O)(=O)C2CNCCS2)c[nH]c2cc(Br)c(Cl)cc12. The van der Waals surface area contributed by atoms with Crippen LogP contribution in [0.25, 0.3) is 10.9 Å². The van der Waals surface area contributed by atoms with Crippen LogP contribution in [-0.4, -0.2) is 36.8 Å². The first kappa shape index (κ1) is 16.3. The molecule has 2 aromatic rings. The van der Waals surface area contributed by atoms with Gasteiger partial charge in [-0.3, -0.25) is 4.79 Å². The molecule has 1 saturated heterocycles. The van der Waals surface area contributed by atoms with Gasteiger partial charge < -0.3 is 10.3 Å². The molecule has 1 aromatic heterocycles. The van der Waals surface area contributed by atoms with Crippen molar-refractivity contribution in [1.29, 1.82) is 0 Å². The topological polar surface area (TPSA) is 79.0 Å². The molecule has 0 aliphatic carbocycles. The number of benzene rings is 1. The van der Waals surface area contributed by atoms with Crippen molar-refractivity contribution in [3.05, 3.63) is 38.0 Å². The highest BCUT2D eigenvalue weighted by molar-refractivity contribution is 9.10. The lowest BCUT2D eigenvalue weighted by atomic mass is 10.2. The van der Waals surface area contributed by atoms with Gasteiger partial charge in [0, 0.05) is 34.9 Å². The summed E-state index contributed by atoms with van der Waals surface area (Å²) in [6.07, 6.45) is 1.27. The molecule has 0 radical (unpaired) electrons. The van der Waals surface area contributed by atoms with Gasteiger partial charge in [-0.05, 0) is 28.1 Å². The summed E-state index contributed by atoms with van der Waals surface area (Å²) in [5, 5.41) is 3.67. The Bertz CT molecular complexity index is 892. The Morgan fingerprint density at radius 3 is 2.82 bits per heavy atom. The van der Waals surface area contributed by atoms with Crippen LogP contribution in [0.2, 0.25) is 5.02 Å². The van der Waals surface area contributed by atoms with E-state index in [1.165, 1.54) is 24.0 Å². The van der Waals surface area contributed by atoms with Gasteiger partial charge in [0.1, 0.15) is 9.48 Å². The molecule has 1 aromatic carbocycles. The second-order valence-electron chi connectivity index (χ2n) is 4.84. The van der Waals surface area contributed by atoms with Crippen LogP contribution in [-0.2, 0) is 9.84 Å². The summed E-state index contributed by atoms with van der Waals surface area (Å²) in [6.45, 7) is 1.11. The third kappa shape index (κ3) is 2.82. The van der Waals surface area contributed by atoms with Crippen molar-refractivity contribution >= 4 is 60.0 Å². The molecular weight excluding hydrogens is 412 g/mol. The predicted octanol–water partition coefficient (Wildman–Crippen LogP) is 2.38. The Kier molecular flexibility index (Phi) is 4.57. The second-order valence-corrected chi connectivity index (χ2v) is 9.81. The molecule has 2 N–H and O–H groups in total. The Labute approximate surface area is 144 Å². The molecule has 3 rings (SSSR count). The Hall–Kier alpha value is -0.540. The summed E-state index contributed by atoms with van der Waals surface area (Å²) in [7, 11) is -3.71. The summed E-state index contributed by atoms with van der Waals surface area (Å²) >= 11 is 10.6. The quantitative estimate of drug-likeness (QED) is 0.775. The Balaban J connectivity index is 2.17. The summed E-state index contributed by atoms with van der Waals surface area (Å²) < 4.78 is 25.4. The molecule has 0 spiro atoms. The van der Waals surface area contributed by atoms with E-state index in [2.05, 4.69) is 26.2 Å². The molecule has 1 fully saturated rings. The number of H-pyrrole nitrogens is 1. The molecule has 2 heterocycles. The number of aromatic nitrogens is 1. The maximum absolute atomic E-state index is 12.7. The Morgan fingerprint density at radius 2 is 2.14 bits per heavy atom. The molecule has 0 saturated carbocycles. The lowest BCUT2D eigenvalue weighted by Gasteiger charge is -2.22. The van der Waals surface area contributed by atoms with Crippen LogP contribution in [0.5, 0.6) is 0 Å². The molecule has 1 atom stereocenters. The molecule has 0 amide bonds. The van der Waals surface area contributed by atoms with E-state index in [4.69, 9.17) is 11.6 Å². The molecule has 22 heavy (non-hydrogen) atoms. The molecule has 0 bridgehead atoms. The fourth-order valence-corrected chi connectivity index (χ4v) is 6.09. The van der Waals surface area contributed by atoms with E-state index in [0.717, 1.165) is 6.54 Å². The number of aromatic amines is 1. The zero-order valence-corrected chi connectivity index (χ0v) is 15.2. The van der Waals surface area contributed by atoms with Crippen LogP contribution in [0, 0.1) is 0 Å². The molecule has 118 valence electrons. The lowest BCUT2D eigenvalue weighted by Crippen LogP contribution is -2.38. The molecule has 1 aliphatic rings. The number of fused-ring (bicyclic) bond motifs is 1. The number of pyridine rings is 1. The lowest BCUT2D eigenvalue weighted by molar-refractivity contribution is 0.585. The van der Waals surface area contributed by atoms with Crippen molar-refractivity contribution < 1.29 is 8.42 Å². The van der Waals surface area contributed by atoms with E-state index in [9.17, 15) is 13.2 Å². The normalized spacial score (nSPS) is 19.5. The highest BCUT2D eigenvalue weighted by atomic mass is 79.9. The highest BCUT2D eigenvalue weighted by Gasteiger charge is 2.32. The summed E-state index contributed by atoms with van der Waals surface area (Å²) in [4.78, 5) is 15.2. The van der Waals surface area contributed by atoms with Crippen LogP contribution in [0.15, 0.2) is 32.5 Å². The maximum atomic E-state index is 12.7. The van der Waals surface area contributed by atoms with Gasteiger partial charge in [0.2, 0.25) is 5.43 Å². The van der Waals surface area contributed by atoms with Crippen molar-refractivity contribution in [1.82, 2.24) is 10.3 Å². The maximum Gasteiger partial charge on any atom is 0.208 e. The van der Waals surface area contributed by atoms with Crippen LogP contribution in [0.1, 0.15) is 0 Å². The van der Waals surface area contributed by atoms with Gasteiger partial charge >= 0.3 is 0 Å². The zero-order chi connectivity index (χ0) is 15.9. The van der Waals surface area contributed by atoms with Gasteiger partial charge in [-0.15, -0.1) is 11.8 Å². The smallest absolute Gasteiger partial charge is 0.208 e. The number of hydrogen-bond donors (Lipinski definition) is 2. The predicted molar refractivity (Wildman–Crippen MR) is 93.6 cm³/mol. The molecule has 1 unspecified atom stereocenters. The number of rotatable bonds is 2. The van der Waals surface area contributed by atoms with Gasteiger partial charge in [-0.2, -0.15) is 0 Å². The molecule has 5 nitrogen and oxygen atoms in total. The highest BCUT2D eigenvalue weighted by Crippen LogP contribution is 2.28. The first-order valence-corrected chi connectivity index (χ1v) is 10.2. The summed E-state index contributed by atoms with van der Waals surface area (Å²) in [5.41, 5.74) is 0.0176. The van der Waals surface area contributed by atoms with Crippen molar-refractivity contribution in [2.24, 2.45) is 0 Å². The largest absolute Gasteiger partial charge is 0.360 e. The fraction of sp³-hybridized carbons (Fsp3) is 0.308. The van der Waals surface area contributed by atoms with E-state index in [0.29, 0.717) is 27.3 Å². The first-order chi connectivity index (χ1) is 10.4. The van der Waals surface area contributed by atoms with E-state index in [-0.39, 0.29) is 10.3 Å². The first-order valence-electron chi connectivity index (χ1n) is 6.48. The van der Waals surface area contributed by atoms with Crippen LogP contribution in [0.3, 0.4) is 0 Å². The number of nitrogens with one attached hydrogen (secondary N) is 2. The van der Waals surface area contributed by atoms with Gasteiger partial charge in [-0.1, -0.05) is 11.6 Å². The molecule has 9 heteroatoms. The minimum absolute atomic E-state index is 0.209. The number of thioether (sulfide) groups is 1. The molecular formula is C13H12BrClN2O3S2. The van der Waals surface area contributed by atoms with Gasteiger partial charge in [0.15, 0.2) is 9.84 Å². The minimum atomic E-state index is -3.71. The Morgan fingerprint density at radius 1 is 1.36 bits per heavy atom. The molecule has 1 aliphatic heterocycles. The zero-order valence-electron chi connectivity index (χ0n) is 11.2. The third-order valence-electron chi connectivity index (χ3n) is 3.43. The minimum Gasteiger partial charge on any atom is -0.360 e. The summed E-state index contributed by atoms with van der Waals surface area (Å²) in [6, 6.07) is 3.14. The van der Waals surface area contributed by atoms with Gasteiger partial charge in [0.05, 0.1) is 10.5 Å².